The van der Waals surface area contributed by atoms with E-state index in [2.05, 4.69) is 5.32 Å². The largest absolute Gasteiger partial charge is 0.497 e. The standard InChI is InChI=1S/C14H22N2O4/c1-19-11-6-10(7-12(8-11)20-2)13(17)9-16-14(18)4-3-5-15/h6-8,13,17H,3-5,9,15H2,1-2H3,(H,16,18). The van der Waals surface area contributed by atoms with Crippen molar-refractivity contribution >= 4 is 5.91 Å². The highest BCUT2D eigenvalue weighted by Gasteiger charge is 2.12. The minimum absolute atomic E-state index is 0.121. The summed E-state index contributed by atoms with van der Waals surface area (Å²) >= 11 is 0. The van der Waals surface area contributed by atoms with Crippen LogP contribution >= 0.6 is 0 Å². The lowest BCUT2D eigenvalue weighted by Gasteiger charge is -2.14. The second-order valence-electron chi connectivity index (χ2n) is 4.36. The fourth-order valence-electron chi connectivity index (χ4n) is 1.70. The van der Waals surface area contributed by atoms with Crippen molar-refractivity contribution in [3.63, 3.8) is 0 Å². The third-order valence-electron chi connectivity index (χ3n) is 2.86. The summed E-state index contributed by atoms with van der Waals surface area (Å²) < 4.78 is 10.3. The van der Waals surface area contributed by atoms with Crippen LogP contribution in [0.15, 0.2) is 18.2 Å². The van der Waals surface area contributed by atoms with Crippen molar-refractivity contribution < 1.29 is 19.4 Å². The zero-order chi connectivity index (χ0) is 15.0. The predicted octanol–water partition coefficient (Wildman–Crippen LogP) is 0.592. The average molecular weight is 282 g/mol. The van der Waals surface area contributed by atoms with E-state index >= 15 is 0 Å². The first kappa shape index (κ1) is 16.3. The summed E-state index contributed by atoms with van der Waals surface area (Å²) in [6, 6.07) is 5.13. The molecule has 1 amide bonds. The van der Waals surface area contributed by atoms with Gasteiger partial charge in [-0.3, -0.25) is 4.79 Å². The lowest BCUT2D eigenvalue weighted by Crippen LogP contribution is -2.28. The van der Waals surface area contributed by atoms with E-state index < -0.39 is 6.10 Å². The zero-order valence-corrected chi connectivity index (χ0v) is 11.9. The van der Waals surface area contributed by atoms with Gasteiger partial charge in [0.05, 0.1) is 20.3 Å². The van der Waals surface area contributed by atoms with Gasteiger partial charge >= 0.3 is 0 Å². The van der Waals surface area contributed by atoms with Crippen LogP contribution in [0.5, 0.6) is 11.5 Å². The van der Waals surface area contributed by atoms with Crippen molar-refractivity contribution in [1.29, 1.82) is 0 Å². The van der Waals surface area contributed by atoms with E-state index in [0.717, 1.165) is 0 Å². The number of rotatable bonds is 8. The molecule has 0 aliphatic heterocycles. The van der Waals surface area contributed by atoms with Crippen molar-refractivity contribution in [3.05, 3.63) is 23.8 Å². The average Bonchev–Trinajstić information content (AvgIpc) is 2.49. The Bertz CT molecular complexity index is 415. The Hall–Kier alpha value is -1.79. The molecule has 6 heteroatoms. The Morgan fingerprint density at radius 1 is 1.30 bits per heavy atom. The van der Waals surface area contributed by atoms with Gasteiger partial charge in [-0.25, -0.2) is 0 Å². The van der Waals surface area contributed by atoms with E-state index in [-0.39, 0.29) is 12.5 Å². The number of carbonyl (C=O) groups excluding carboxylic acids is 1. The monoisotopic (exact) mass is 282 g/mol. The Morgan fingerprint density at radius 3 is 2.40 bits per heavy atom. The topological polar surface area (TPSA) is 93.8 Å². The van der Waals surface area contributed by atoms with Gasteiger partial charge in [0, 0.05) is 19.0 Å². The maximum absolute atomic E-state index is 11.5. The van der Waals surface area contributed by atoms with Crippen LogP contribution in [0.1, 0.15) is 24.5 Å². The molecule has 1 aromatic carbocycles. The molecule has 1 atom stereocenters. The highest BCUT2D eigenvalue weighted by atomic mass is 16.5. The molecule has 6 nitrogen and oxygen atoms in total. The minimum Gasteiger partial charge on any atom is -0.497 e. The van der Waals surface area contributed by atoms with Crippen LogP contribution in [-0.2, 0) is 4.79 Å². The van der Waals surface area contributed by atoms with Gasteiger partial charge in [0.25, 0.3) is 0 Å². The van der Waals surface area contributed by atoms with Crippen molar-refractivity contribution in [2.75, 3.05) is 27.3 Å². The molecule has 1 aromatic rings. The molecule has 1 unspecified atom stereocenters. The first-order valence-electron chi connectivity index (χ1n) is 6.48. The number of aliphatic hydroxyl groups is 1. The highest BCUT2D eigenvalue weighted by Crippen LogP contribution is 2.26. The predicted molar refractivity (Wildman–Crippen MR) is 75.8 cm³/mol. The molecule has 0 saturated carbocycles. The Kier molecular flexibility index (Phi) is 6.83. The third-order valence-corrected chi connectivity index (χ3v) is 2.86. The van der Waals surface area contributed by atoms with E-state index in [0.29, 0.717) is 36.4 Å². The van der Waals surface area contributed by atoms with Crippen LogP contribution in [0.25, 0.3) is 0 Å². The Morgan fingerprint density at radius 2 is 1.90 bits per heavy atom. The molecular weight excluding hydrogens is 260 g/mol. The van der Waals surface area contributed by atoms with Crippen molar-refractivity contribution in [3.8, 4) is 11.5 Å². The number of amides is 1. The summed E-state index contributed by atoms with van der Waals surface area (Å²) in [5.41, 5.74) is 5.96. The lowest BCUT2D eigenvalue weighted by atomic mass is 10.1. The van der Waals surface area contributed by atoms with Gasteiger partial charge < -0.3 is 25.6 Å². The van der Waals surface area contributed by atoms with Crippen LogP contribution in [0, 0.1) is 0 Å². The van der Waals surface area contributed by atoms with Gasteiger partial charge in [0.15, 0.2) is 0 Å². The summed E-state index contributed by atoms with van der Waals surface area (Å²) in [6.07, 6.45) is 0.181. The third kappa shape index (κ3) is 5.07. The minimum atomic E-state index is -0.819. The number of methoxy groups -OCH3 is 2. The molecule has 0 spiro atoms. The molecule has 20 heavy (non-hydrogen) atoms. The van der Waals surface area contributed by atoms with Gasteiger partial charge in [-0.15, -0.1) is 0 Å². The zero-order valence-electron chi connectivity index (χ0n) is 11.9. The molecule has 0 aliphatic rings. The fourth-order valence-corrected chi connectivity index (χ4v) is 1.70. The molecule has 1 rings (SSSR count). The molecule has 0 aliphatic carbocycles. The number of nitrogens with two attached hydrogens (primary N) is 1. The first-order chi connectivity index (χ1) is 9.60. The number of aliphatic hydroxyl groups excluding tert-OH is 1. The van der Waals surface area contributed by atoms with Crippen molar-refractivity contribution in [2.24, 2.45) is 5.73 Å². The van der Waals surface area contributed by atoms with Crippen LogP contribution in [-0.4, -0.2) is 38.3 Å². The number of nitrogens with one attached hydrogen (secondary N) is 1. The summed E-state index contributed by atoms with van der Waals surface area (Å²) in [4.78, 5) is 11.5. The number of carbonyl (C=O) groups is 1. The highest BCUT2D eigenvalue weighted by molar-refractivity contribution is 5.75. The summed E-state index contributed by atoms with van der Waals surface area (Å²) in [5.74, 6) is 1.06. The molecule has 0 radical (unpaired) electrons. The summed E-state index contributed by atoms with van der Waals surface area (Å²) in [5, 5.41) is 12.7. The van der Waals surface area contributed by atoms with E-state index in [1.807, 2.05) is 0 Å². The summed E-state index contributed by atoms with van der Waals surface area (Å²) in [6.45, 7) is 0.614. The van der Waals surface area contributed by atoms with Crippen LogP contribution in [0.2, 0.25) is 0 Å². The molecule has 0 saturated heterocycles. The molecular formula is C14H22N2O4. The van der Waals surface area contributed by atoms with Crippen LogP contribution in [0.4, 0.5) is 0 Å². The molecule has 0 aromatic heterocycles. The number of benzene rings is 1. The van der Waals surface area contributed by atoms with Crippen molar-refractivity contribution in [1.82, 2.24) is 5.32 Å². The maximum atomic E-state index is 11.5. The maximum Gasteiger partial charge on any atom is 0.220 e. The van der Waals surface area contributed by atoms with Crippen LogP contribution in [0.3, 0.4) is 0 Å². The van der Waals surface area contributed by atoms with Gasteiger partial charge in [0.2, 0.25) is 5.91 Å². The van der Waals surface area contributed by atoms with E-state index in [4.69, 9.17) is 15.2 Å². The molecule has 0 fully saturated rings. The van der Waals surface area contributed by atoms with Crippen LogP contribution < -0.4 is 20.5 Å². The number of hydrogen-bond donors (Lipinski definition) is 3. The first-order valence-corrected chi connectivity index (χ1v) is 6.48. The SMILES string of the molecule is COc1cc(OC)cc(C(O)CNC(=O)CCCN)c1. The van der Waals surface area contributed by atoms with E-state index in [1.54, 1.807) is 32.4 Å². The van der Waals surface area contributed by atoms with Crippen molar-refractivity contribution in [2.45, 2.75) is 18.9 Å². The quantitative estimate of drug-likeness (QED) is 0.649. The smallest absolute Gasteiger partial charge is 0.220 e. The van der Waals surface area contributed by atoms with Gasteiger partial charge in [-0.1, -0.05) is 0 Å². The van der Waals surface area contributed by atoms with Gasteiger partial charge in [-0.2, -0.15) is 0 Å². The van der Waals surface area contributed by atoms with E-state index in [9.17, 15) is 9.90 Å². The molecule has 112 valence electrons. The Labute approximate surface area is 118 Å². The molecule has 0 bridgehead atoms. The fraction of sp³-hybridized carbons (Fsp3) is 0.500. The van der Waals surface area contributed by atoms with Gasteiger partial charge in [0.1, 0.15) is 11.5 Å². The molecule has 4 N–H and O–H groups in total. The normalized spacial score (nSPS) is 11.8. The second kappa shape index (κ2) is 8.39. The Balaban J connectivity index is 2.62. The number of ether oxygens (including phenoxy) is 2. The van der Waals surface area contributed by atoms with Gasteiger partial charge in [-0.05, 0) is 30.7 Å². The summed E-state index contributed by atoms with van der Waals surface area (Å²) in [7, 11) is 3.08. The molecule has 0 heterocycles. The lowest BCUT2D eigenvalue weighted by molar-refractivity contribution is -0.121. The van der Waals surface area contributed by atoms with E-state index in [1.165, 1.54) is 0 Å². The second-order valence-corrected chi connectivity index (χ2v) is 4.36. The number of hydrogen-bond acceptors (Lipinski definition) is 5.